The molecule has 5 heteroatoms. The molecule has 0 saturated heterocycles. The van der Waals surface area contributed by atoms with Gasteiger partial charge in [0.2, 0.25) is 0 Å². The van der Waals surface area contributed by atoms with E-state index in [0.29, 0.717) is 13.2 Å². The molecule has 0 aromatic heterocycles. The van der Waals surface area contributed by atoms with Crippen LogP contribution in [-0.4, -0.2) is 18.3 Å². The van der Waals surface area contributed by atoms with Crippen LogP contribution >= 0.6 is 23.5 Å². The predicted molar refractivity (Wildman–Crippen MR) is 63.1 cm³/mol. The van der Waals surface area contributed by atoms with Gasteiger partial charge in [-0.15, -0.1) is 0 Å². The first-order valence-electron chi connectivity index (χ1n) is 5.12. The first kappa shape index (κ1) is 14.6. The van der Waals surface area contributed by atoms with E-state index in [1.807, 2.05) is 0 Å². The molecule has 3 nitrogen and oxygen atoms in total. The van der Waals surface area contributed by atoms with Crippen molar-refractivity contribution in [1.82, 2.24) is 0 Å². The predicted octanol–water partition coefficient (Wildman–Crippen LogP) is 4.17. The van der Waals surface area contributed by atoms with Gasteiger partial charge in [-0.05, 0) is 12.8 Å². The SMILES string of the molecule is CCCCOP(=O)(CBr)OCCCC. The van der Waals surface area contributed by atoms with Gasteiger partial charge >= 0.3 is 7.60 Å². The highest BCUT2D eigenvalue weighted by molar-refractivity contribution is 9.10. The highest BCUT2D eigenvalue weighted by Gasteiger charge is 2.21. The van der Waals surface area contributed by atoms with Crippen LogP contribution in [0.25, 0.3) is 0 Å². The molecular formula is C9H20BrO3P. The summed E-state index contributed by atoms with van der Waals surface area (Å²) in [5, 5.41) is 0.285. The van der Waals surface area contributed by atoms with Crippen molar-refractivity contribution in [1.29, 1.82) is 0 Å². The van der Waals surface area contributed by atoms with Crippen LogP contribution in [0.3, 0.4) is 0 Å². The van der Waals surface area contributed by atoms with E-state index < -0.39 is 7.60 Å². The minimum Gasteiger partial charge on any atom is -0.308 e. The van der Waals surface area contributed by atoms with E-state index in [9.17, 15) is 4.57 Å². The van der Waals surface area contributed by atoms with Crippen LogP contribution in [0.5, 0.6) is 0 Å². The minimum atomic E-state index is -2.84. The monoisotopic (exact) mass is 286 g/mol. The van der Waals surface area contributed by atoms with E-state index in [1.165, 1.54) is 0 Å². The Morgan fingerprint density at radius 3 is 1.79 bits per heavy atom. The summed E-state index contributed by atoms with van der Waals surface area (Å²) >= 11 is 3.16. The molecule has 0 saturated carbocycles. The molecule has 0 atom stereocenters. The maximum absolute atomic E-state index is 11.8. The van der Waals surface area contributed by atoms with Crippen molar-refractivity contribution in [3.05, 3.63) is 0 Å². The molecule has 0 aliphatic carbocycles. The molecule has 0 unspecified atom stereocenters. The fourth-order valence-corrected chi connectivity index (χ4v) is 2.70. The average Bonchev–Trinajstić information content (AvgIpc) is 2.19. The van der Waals surface area contributed by atoms with E-state index in [4.69, 9.17) is 9.05 Å². The number of unbranched alkanes of at least 4 members (excludes halogenated alkanes) is 2. The maximum Gasteiger partial charge on any atom is 0.341 e. The van der Waals surface area contributed by atoms with Gasteiger partial charge in [0, 0.05) is 0 Å². The highest BCUT2D eigenvalue weighted by Crippen LogP contribution is 2.49. The van der Waals surface area contributed by atoms with Gasteiger partial charge in [-0.1, -0.05) is 42.6 Å². The summed E-state index contributed by atoms with van der Waals surface area (Å²) in [6.45, 7) is 5.18. The third kappa shape index (κ3) is 6.99. The van der Waals surface area contributed by atoms with Gasteiger partial charge in [-0.3, -0.25) is 4.57 Å². The highest BCUT2D eigenvalue weighted by atomic mass is 79.9. The summed E-state index contributed by atoms with van der Waals surface area (Å²) in [7, 11) is -2.84. The van der Waals surface area contributed by atoms with Crippen molar-refractivity contribution < 1.29 is 13.6 Å². The number of hydrogen-bond acceptors (Lipinski definition) is 3. The molecule has 0 radical (unpaired) electrons. The zero-order chi connectivity index (χ0) is 10.9. The molecule has 0 aromatic rings. The summed E-state index contributed by atoms with van der Waals surface area (Å²) in [5.41, 5.74) is 0. The molecule has 0 aliphatic heterocycles. The minimum absolute atomic E-state index is 0.285. The molecule has 0 rings (SSSR count). The Morgan fingerprint density at radius 1 is 1.07 bits per heavy atom. The first-order chi connectivity index (χ1) is 6.68. The van der Waals surface area contributed by atoms with Crippen LogP contribution in [0.15, 0.2) is 0 Å². The number of hydrogen-bond donors (Lipinski definition) is 0. The van der Waals surface area contributed by atoms with Crippen LogP contribution in [0.4, 0.5) is 0 Å². The topological polar surface area (TPSA) is 35.5 Å². The number of alkyl halides is 1. The van der Waals surface area contributed by atoms with Crippen molar-refractivity contribution in [2.75, 3.05) is 18.3 Å². The van der Waals surface area contributed by atoms with Gasteiger partial charge in [0.25, 0.3) is 0 Å². The molecule has 0 spiro atoms. The van der Waals surface area contributed by atoms with Crippen molar-refractivity contribution in [2.24, 2.45) is 0 Å². The third-order valence-electron chi connectivity index (χ3n) is 1.72. The van der Waals surface area contributed by atoms with Gasteiger partial charge in [-0.25, -0.2) is 0 Å². The Bertz CT molecular complexity index is 161. The summed E-state index contributed by atoms with van der Waals surface area (Å²) in [6, 6.07) is 0. The normalized spacial score (nSPS) is 11.9. The first-order valence-corrected chi connectivity index (χ1v) is 7.97. The lowest BCUT2D eigenvalue weighted by Crippen LogP contribution is -2.00. The zero-order valence-corrected chi connectivity index (χ0v) is 11.5. The summed E-state index contributed by atoms with van der Waals surface area (Å²) in [5.74, 6) is 0. The third-order valence-corrected chi connectivity index (χ3v) is 5.01. The van der Waals surface area contributed by atoms with Crippen molar-refractivity contribution in [2.45, 2.75) is 39.5 Å². The average molecular weight is 287 g/mol. The van der Waals surface area contributed by atoms with Crippen LogP contribution < -0.4 is 0 Å². The second-order valence-electron chi connectivity index (χ2n) is 3.10. The Hall–Kier alpha value is 0.630. The Labute approximate surface area is 95.2 Å². The molecule has 0 aromatic carbocycles. The van der Waals surface area contributed by atoms with Crippen LogP contribution in [-0.2, 0) is 13.6 Å². The molecular weight excluding hydrogens is 267 g/mol. The van der Waals surface area contributed by atoms with Gasteiger partial charge in [0.1, 0.15) is 5.07 Å². The van der Waals surface area contributed by atoms with Crippen molar-refractivity contribution >= 4 is 23.5 Å². The largest absolute Gasteiger partial charge is 0.341 e. The van der Waals surface area contributed by atoms with Crippen LogP contribution in [0.1, 0.15) is 39.5 Å². The lowest BCUT2D eigenvalue weighted by molar-refractivity contribution is 0.203. The molecule has 0 aliphatic rings. The van der Waals surface area contributed by atoms with Gasteiger partial charge < -0.3 is 9.05 Å². The quantitative estimate of drug-likeness (QED) is 0.363. The van der Waals surface area contributed by atoms with E-state index in [2.05, 4.69) is 29.8 Å². The van der Waals surface area contributed by atoms with E-state index in [-0.39, 0.29) is 5.07 Å². The number of rotatable bonds is 9. The molecule has 86 valence electrons. The van der Waals surface area contributed by atoms with Crippen molar-refractivity contribution in [3.8, 4) is 0 Å². The van der Waals surface area contributed by atoms with E-state index in [1.54, 1.807) is 0 Å². The standard InChI is InChI=1S/C9H20BrO3P/c1-3-5-7-12-14(11,9-10)13-8-6-4-2/h3-9H2,1-2H3. The molecule has 0 fully saturated rings. The molecule has 0 bridgehead atoms. The number of halogens is 1. The van der Waals surface area contributed by atoms with Crippen LogP contribution in [0, 0.1) is 0 Å². The van der Waals surface area contributed by atoms with Gasteiger partial charge in [0.15, 0.2) is 0 Å². The second kappa shape index (κ2) is 8.90. The lowest BCUT2D eigenvalue weighted by Gasteiger charge is -2.15. The fourth-order valence-electron chi connectivity index (χ4n) is 0.802. The molecule has 0 N–H and O–H groups in total. The van der Waals surface area contributed by atoms with E-state index >= 15 is 0 Å². The summed E-state index contributed by atoms with van der Waals surface area (Å²) in [6.07, 6.45) is 3.93. The molecule has 0 amide bonds. The van der Waals surface area contributed by atoms with Gasteiger partial charge in [0.05, 0.1) is 13.2 Å². The summed E-state index contributed by atoms with van der Waals surface area (Å²) < 4.78 is 22.3. The van der Waals surface area contributed by atoms with Crippen LogP contribution in [0.2, 0.25) is 0 Å². The fraction of sp³-hybridized carbons (Fsp3) is 1.00. The zero-order valence-electron chi connectivity index (χ0n) is 9.00. The molecule has 0 heterocycles. The van der Waals surface area contributed by atoms with E-state index in [0.717, 1.165) is 25.7 Å². The lowest BCUT2D eigenvalue weighted by atomic mass is 10.4. The smallest absolute Gasteiger partial charge is 0.308 e. The Morgan fingerprint density at radius 2 is 1.50 bits per heavy atom. The Kier molecular flexibility index (Phi) is 9.30. The molecule has 14 heavy (non-hydrogen) atoms. The summed E-state index contributed by atoms with van der Waals surface area (Å²) in [4.78, 5) is 0. The maximum atomic E-state index is 11.8. The van der Waals surface area contributed by atoms with Gasteiger partial charge in [-0.2, -0.15) is 0 Å². The van der Waals surface area contributed by atoms with Crippen molar-refractivity contribution in [3.63, 3.8) is 0 Å². The Balaban J connectivity index is 3.74. The second-order valence-corrected chi connectivity index (χ2v) is 6.59.